The number of nitrogens with zero attached hydrogens (tertiary/aromatic N) is 2. The molecular weight excluding hydrogens is 252 g/mol. The van der Waals surface area contributed by atoms with E-state index in [1.54, 1.807) is 0 Å². The number of hydrogen-bond donors (Lipinski definition) is 0. The third-order valence-electron chi connectivity index (χ3n) is 3.44. The number of esters is 1. The van der Waals surface area contributed by atoms with Crippen LogP contribution in [0.4, 0.5) is 0 Å². The number of aryl methyl sites for hydroxylation is 1. The molecule has 0 unspecified atom stereocenters. The average molecular weight is 272 g/mol. The molecule has 0 fully saturated rings. The number of methoxy groups -OCH3 is 1. The summed E-state index contributed by atoms with van der Waals surface area (Å²) in [6.45, 7) is 2.93. The van der Waals surface area contributed by atoms with E-state index in [1.807, 2.05) is 30.6 Å². The molecule has 0 saturated carbocycles. The van der Waals surface area contributed by atoms with Gasteiger partial charge in [-0.3, -0.25) is 4.79 Å². The Morgan fingerprint density at radius 3 is 2.80 bits per heavy atom. The van der Waals surface area contributed by atoms with E-state index in [0.29, 0.717) is 6.42 Å². The Morgan fingerprint density at radius 2 is 2.10 bits per heavy atom. The van der Waals surface area contributed by atoms with Gasteiger partial charge in [0.05, 0.1) is 7.11 Å². The zero-order valence-corrected chi connectivity index (χ0v) is 12.0. The second-order valence-electron chi connectivity index (χ2n) is 4.79. The molecule has 0 radical (unpaired) electrons. The molecule has 20 heavy (non-hydrogen) atoms. The zero-order valence-electron chi connectivity index (χ0n) is 12.0. The summed E-state index contributed by atoms with van der Waals surface area (Å²) in [5.41, 5.74) is 1.24. The van der Waals surface area contributed by atoms with Crippen LogP contribution in [0.1, 0.15) is 37.1 Å². The minimum Gasteiger partial charge on any atom is -0.469 e. The van der Waals surface area contributed by atoms with Gasteiger partial charge >= 0.3 is 5.97 Å². The molecule has 0 aliphatic heterocycles. The summed E-state index contributed by atoms with van der Waals surface area (Å²) in [6.07, 6.45) is 4.98. The van der Waals surface area contributed by atoms with Crippen LogP contribution in [0.25, 0.3) is 0 Å². The van der Waals surface area contributed by atoms with Crippen molar-refractivity contribution in [1.82, 2.24) is 9.55 Å². The monoisotopic (exact) mass is 272 g/mol. The Morgan fingerprint density at radius 1 is 1.35 bits per heavy atom. The molecule has 106 valence electrons. The maximum Gasteiger partial charge on any atom is 0.305 e. The van der Waals surface area contributed by atoms with Gasteiger partial charge in [-0.2, -0.15) is 0 Å². The molecule has 0 N–H and O–H groups in total. The second-order valence-corrected chi connectivity index (χ2v) is 4.79. The van der Waals surface area contributed by atoms with Crippen LogP contribution in [0, 0.1) is 0 Å². The van der Waals surface area contributed by atoms with Crippen LogP contribution < -0.4 is 0 Å². The molecule has 1 aromatic heterocycles. The summed E-state index contributed by atoms with van der Waals surface area (Å²) < 4.78 is 6.76. The lowest BCUT2D eigenvalue weighted by molar-refractivity contribution is -0.140. The highest BCUT2D eigenvalue weighted by Crippen LogP contribution is 2.22. The van der Waals surface area contributed by atoms with Crippen molar-refractivity contribution in [3.63, 3.8) is 0 Å². The lowest BCUT2D eigenvalue weighted by atomic mass is 10.0. The number of ether oxygens (including phenoxy) is 1. The topological polar surface area (TPSA) is 44.1 Å². The first-order chi connectivity index (χ1) is 9.72. The standard InChI is InChI=1S/C16H20N2O2/c1-13(14-7-4-3-5-8-14)16-17-10-12-18(16)11-6-9-15(19)20-2/h3-5,7-8,10,12-13H,6,9,11H2,1-2H3/t13-/m0/s1. The van der Waals surface area contributed by atoms with Gasteiger partial charge in [0.2, 0.25) is 0 Å². The van der Waals surface area contributed by atoms with E-state index in [4.69, 9.17) is 0 Å². The normalized spacial score (nSPS) is 12.1. The average Bonchev–Trinajstić information content (AvgIpc) is 2.95. The second kappa shape index (κ2) is 6.89. The molecule has 0 saturated heterocycles. The summed E-state index contributed by atoms with van der Waals surface area (Å²) in [4.78, 5) is 15.6. The Kier molecular flexibility index (Phi) is 4.93. The van der Waals surface area contributed by atoms with E-state index in [0.717, 1.165) is 18.8 Å². The third-order valence-corrected chi connectivity index (χ3v) is 3.44. The molecule has 0 amide bonds. The molecule has 1 aromatic carbocycles. The first kappa shape index (κ1) is 14.3. The van der Waals surface area contributed by atoms with Gasteiger partial charge in [0.25, 0.3) is 0 Å². The number of carbonyl (C=O) groups excluding carboxylic acids is 1. The third kappa shape index (κ3) is 3.47. The van der Waals surface area contributed by atoms with Crippen molar-refractivity contribution in [1.29, 1.82) is 0 Å². The van der Waals surface area contributed by atoms with Crippen molar-refractivity contribution < 1.29 is 9.53 Å². The summed E-state index contributed by atoms with van der Waals surface area (Å²) in [5, 5.41) is 0. The van der Waals surface area contributed by atoms with Gasteiger partial charge in [-0.05, 0) is 12.0 Å². The molecule has 4 heteroatoms. The van der Waals surface area contributed by atoms with E-state index in [9.17, 15) is 4.79 Å². The van der Waals surface area contributed by atoms with Crippen LogP contribution in [0.5, 0.6) is 0 Å². The summed E-state index contributed by atoms with van der Waals surface area (Å²) in [6, 6.07) is 10.3. The minimum absolute atomic E-state index is 0.164. The van der Waals surface area contributed by atoms with Crippen molar-refractivity contribution >= 4 is 5.97 Å². The summed E-state index contributed by atoms with van der Waals surface area (Å²) in [7, 11) is 1.42. The molecule has 2 aromatic rings. The smallest absolute Gasteiger partial charge is 0.305 e. The quantitative estimate of drug-likeness (QED) is 0.759. The van der Waals surface area contributed by atoms with Crippen LogP contribution in [-0.2, 0) is 16.1 Å². The predicted molar refractivity (Wildman–Crippen MR) is 77.4 cm³/mol. The Bertz CT molecular complexity index is 549. The molecule has 0 spiro atoms. The Balaban J connectivity index is 2.03. The summed E-state index contributed by atoms with van der Waals surface area (Å²) >= 11 is 0. The van der Waals surface area contributed by atoms with Crippen LogP contribution >= 0.6 is 0 Å². The maximum absolute atomic E-state index is 11.1. The first-order valence-electron chi connectivity index (χ1n) is 6.85. The molecular formula is C16H20N2O2. The predicted octanol–water partition coefficient (Wildman–Crippen LogP) is 2.99. The van der Waals surface area contributed by atoms with Crippen LogP contribution in [-0.4, -0.2) is 22.6 Å². The molecule has 1 heterocycles. The highest BCUT2D eigenvalue weighted by atomic mass is 16.5. The fourth-order valence-corrected chi connectivity index (χ4v) is 2.28. The van der Waals surface area contributed by atoms with E-state index in [2.05, 4.69) is 33.3 Å². The van der Waals surface area contributed by atoms with Crippen LogP contribution in [0.3, 0.4) is 0 Å². The van der Waals surface area contributed by atoms with Crippen molar-refractivity contribution in [2.75, 3.05) is 7.11 Å². The number of carbonyl (C=O) groups is 1. The molecule has 4 nitrogen and oxygen atoms in total. The Hall–Kier alpha value is -2.10. The maximum atomic E-state index is 11.1. The summed E-state index contributed by atoms with van der Waals surface area (Å²) in [5.74, 6) is 1.10. The van der Waals surface area contributed by atoms with Gasteiger partial charge in [-0.15, -0.1) is 0 Å². The SMILES string of the molecule is COC(=O)CCCn1ccnc1[C@@H](C)c1ccccc1. The fourth-order valence-electron chi connectivity index (χ4n) is 2.28. The zero-order chi connectivity index (χ0) is 14.4. The van der Waals surface area contributed by atoms with Gasteiger partial charge in [0, 0.05) is 31.3 Å². The van der Waals surface area contributed by atoms with Gasteiger partial charge < -0.3 is 9.30 Å². The Labute approximate surface area is 119 Å². The van der Waals surface area contributed by atoms with Crippen molar-refractivity contribution in [3.05, 3.63) is 54.1 Å². The van der Waals surface area contributed by atoms with Crippen molar-refractivity contribution in [3.8, 4) is 0 Å². The van der Waals surface area contributed by atoms with E-state index < -0.39 is 0 Å². The van der Waals surface area contributed by atoms with Gasteiger partial charge in [-0.1, -0.05) is 37.3 Å². The fraction of sp³-hybridized carbons (Fsp3) is 0.375. The number of rotatable bonds is 6. The van der Waals surface area contributed by atoms with E-state index in [-0.39, 0.29) is 11.9 Å². The minimum atomic E-state index is -0.164. The van der Waals surface area contributed by atoms with E-state index >= 15 is 0 Å². The van der Waals surface area contributed by atoms with Crippen molar-refractivity contribution in [2.24, 2.45) is 0 Å². The van der Waals surface area contributed by atoms with Gasteiger partial charge in [0.1, 0.15) is 5.82 Å². The van der Waals surface area contributed by atoms with Crippen molar-refractivity contribution in [2.45, 2.75) is 32.2 Å². The number of hydrogen-bond acceptors (Lipinski definition) is 3. The number of benzene rings is 1. The molecule has 2 rings (SSSR count). The highest BCUT2D eigenvalue weighted by molar-refractivity contribution is 5.68. The first-order valence-corrected chi connectivity index (χ1v) is 6.85. The molecule has 0 bridgehead atoms. The number of imidazole rings is 1. The molecule has 1 atom stereocenters. The molecule has 0 aliphatic rings. The van der Waals surface area contributed by atoms with Gasteiger partial charge in [0.15, 0.2) is 0 Å². The lowest BCUT2D eigenvalue weighted by Crippen LogP contribution is -2.09. The van der Waals surface area contributed by atoms with Crippen LogP contribution in [0.2, 0.25) is 0 Å². The largest absolute Gasteiger partial charge is 0.469 e. The van der Waals surface area contributed by atoms with E-state index in [1.165, 1.54) is 12.7 Å². The van der Waals surface area contributed by atoms with Crippen LogP contribution in [0.15, 0.2) is 42.7 Å². The number of aromatic nitrogens is 2. The molecule has 0 aliphatic carbocycles. The lowest BCUT2D eigenvalue weighted by Gasteiger charge is -2.14. The highest BCUT2D eigenvalue weighted by Gasteiger charge is 2.14. The van der Waals surface area contributed by atoms with Gasteiger partial charge in [-0.25, -0.2) is 4.98 Å².